The van der Waals surface area contributed by atoms with Crippen LogP contribution in [0.5, 0.6) is 11.5 Å². The predicted molar refractivity (Wildman–Crippen MR) is 79.1 cm³/mol. The number of fused-ring (bicyclic) bond motifs is 1. The first kappa shape index (κ1) is 13.5. The van der Waals surface area contributed by atoms with Crippen LogP contribution in [0.3, 0.4) is 0 Å². The zero-order valence-corrected chi connectivity index (χ0v) is 11.6. The maximum Gasteiger partial charge on any atom is 0.174 e. The van der Waals surface area contributed by atoms with E-state index in [1.807, 2.05) is 48.5 Å². The van der Waals surface area contributed by atoms with Crippen LogP contribution in [0, 0.1) is 11.3 Å². The molecule has 4 heteroatoms. The van der Waals surface area contributed by atoms with Crippen molar-refractivity contribution in [2.45, 2.75) is 12.6 Å². The molecule has 1 atom stereocenters. The minimum Gasteiger partial charge on any atom is -0.491 e. The van der Waals surface area contributed by atoms with E-state index in [0.717, 1.165) is 23.6 Å². The van der Waals surface area contributed by atoms with Crippen molar-refractivity contribution in [3.63, 3.8) is 0 Å². The van der Waals surface area contributed by atoms with Crippen LogP contribution in [0.4, 0.5) is 0 Å². The molecule has 0 aliphatic carbocycles. The fraction of sp³-hybridized carbons (Fsp3) is 0.235. The van der Waals surface area contributed by atoms with Gasteiger partial charge in [-0.1, -0.05) is 30.3 Å². The van der Waals surface area contributed by atoms with E-state index >= 15 is 0 Å². The third kappa shape index (κ3) is 3.15. The molecule has 2 aromatic rings. The van der Waals surface area contributed by atoms with E-state index in [4.69, 9.17) is 14.7 Å². The van der Waals surface area contributed by atoms with Crippen LogP contribution < -0.4 is 14.8 Å². The van der Waals surface area contributed by atoms with Crippen molar-refractivity contribution < 1.29 is 9.47 Å². The smallest absolute Gasteiger partial charge is 0.174 e. The summed E-state index contributed by atoms with van der Waals surface area (Å²) in [5, 5.41) is 12.0. The summed E-state index contributed by atoms with van der Waals surface area (Å²) in [7, 11) is 0. The van der Waals surface area contributed by atoms with Crippen LogP contribution in [0.15, 0.2) is 48.5 Å². The molecule has 0 amide bonds. The maximum atomic E-state index is 8.54. The van der Waals surface area contributed by atoms with Crippen LogP contribution in [0.2, 0.25) is 0 Å². The van der Waals surface area contributed by atoms with E-state index in [9.17, 15) is 0 Å². The predicted octanol–water partition coefficient (Wildman–Crippen LogP) is 2.81. The van der Waals surface area contributed by atoms with E-state index in [0.29, 0.717) is 6.61 Å². The summed E-state index contributed by atoms with van der Waals surface area (Å²) in [5.41, 5.74) is 2.32. The fourth-order valence-electron chi connectivity index (χ4n) is 2.43. The Hall–Kier alpha value is -2.51. The van der Waals surface area contributed by atoms with Crippen molar-refractivity contribution in [2.24, 2.45) is 0 Å². The van der Waals surface area contributed by atoms with Crippen LogP contribution in [-0.4, -0.2) is 13.2 Å². The molecular formula is C17H16N2O2. The number of nitrogens with zero attached hydrogens (tertiary/aromatic N) is 1. The van der Waals surface area contributed by atoms with E-state index in [-0.39, 0.29) is 12.6 Å². The number of rotatable bonds is 5. The summed E-state index contributed by atoms with van der Waals surface area (Å²) in [6.07, 6.45) is 0. The highest BCUT2D eigenvalue weighted by molar-refractivity contribution is 5.39. The van der Waals surface area contributed by atoms with Gasteiger partial charge >= 0.3 is 0 Å². The standard InChI is InChI=1S/C17H16N2O2/c18-8-9-20-14-5-3-4-13(10-14)11-19-16-12-21-17-7-2-1-6-15(16)17/h1-7,10,16,19H,9,11-12H2. The van der Waals surface area contributed by atoms with Gasteiger partial charge in [0.2, 0.25) is 0 Å². The Morgan fingerprint density at radius 1 is 1.24 bits per heavy atom. The van der Waals surface area contributed by atoms with E-state index in [1.165, 1.54) is 5.56 Å². The number of para-hydroxylation sites is 1. The van der Waals surface area contributed by atoms with Crippen molar-refractivity contribution in [1.82, 2.24) is 5.32 Å². The molecule has 1 aliphatic rings. The largest absolute Gasteiger partial charge is 0.491 e. The van der Waals surface area contributed by atoms with Crippen LogP contribution >= 0.6 is 0 Å². The Bertz CT molecular complexity index is 664. The zero-order valence-electron chi connectivity index (χ0n) is 11.6. The lowest BCUT2D eigenvalue weighted by atomic mass is 10.1. The van der Waals surface area contributed by atoms with Crippen LogP contribution in [0.1, 0.15) is 17.2 Å². The summed E-state index contributed by atoms with van der Waals surface area (Å²) in [6.45, 7) is 1.46. The third-order valence-corrected chi connectivity index (χ3v) is 3.45. The first-order chi connectivity index (χ1) is 10.4. The minimum atomic E-state index is 0.0702. The van der Waals surface area contributed by atoms with Crippen molar-refractivity contribution in [2.75, 3.05) is 13.2 Å². The second kappa shape index (κ2) is 6.29. The van der Waals surface area contributed by atoms with Gasteiger partial charge < -0.3 is 14.8 Å². The molecule has 1 N–H and O–H groups in total. The molecule has 106 valence electrons. The van der Waals surface area contributed by atoms with Gasteiger partial charge in [-0.15, -0.1) is 0 Å². The molecule has 2 aromatic carbocycles. The second-order valence-electron chi connectivity index (χ2n) is 4.88. The first-order valence-electron chi connectivity index (χ1n) is 6.90. The molecule has 0 saturated heterocycles. The molecule has 0 fully saturated rings. The fourth-order valence-corrected chi connectivity index (χ4v) is 2.43. The Kier molecular flexibility index (Phi) is 4.04. The van der Waals surface area contributed by atoms with Gasteiger partial charge in [-0.3, -0.25) is 0 Å². The number of hydrogen-bond acceptors (Lipinski definition) is 4. The highest BCUT2D eigenvalue weighted by Crippen LogP contribution is 2.31. The number of nitriles is 1. The summed E-state index contributed by atoms with van der Waals surface area (Å²) in [4.78, 5) is 0. The van der Waals surface area contributed by atoms with Crippen LogP contribution in [0.25, 0.3) is 0 Å². The number of ether oxygens (including phenoxy) is 2. The van der Waals surface area contributed by atoms with Crippen molar-refractivity contribution in [3.8, 4) is 17.6 Å². The van der Waals surface area contributed by atoms with Gasteiger partial charge in [0, 0.05) is 12.1 Å². The van der Waals surface area contributed by atoms with Gasteiger partial charge in [-0.05, 0) is 23.8 Å². The second-order valence-corrected chi connectivity index (χ2v) is 4.88. The normalized spacial score (nSPS) is 15.9. The van der Waals surface area contributed by atoms with E-state index < -0.39 is 0 Å². The summed E-state index contributed by atoms with van der Waals surface area (Å²) >= 11 is 0. The number of hydrogen-bond donors (Lipinski definition) is 1. The Balaban J connectivity index is 1.62. The number of benzene rings is 2. The van der Waals surface area contributed by atoms with Gasteiger partial charge in [0.15, 0.2) is 6.61 Å². The molecular weight excluding hydrogens is 264 g/mol. The molecule has 21 heavy (non-hydrogen) atoms. The highest BCUT2D eigenvalue weighted by atomic mass is 16.5. The van der Waals surface area contributed by atoms with E-state index in [2.05, 4.69) is 11.4 Å². The monoisotopic (exact) mass is 280 g/mol. The van der Waals surface area contributed by atoms with Crippen molar-refractivity contribution in [3.05, 3.63) is 59.7 Å². The quantitative estimate of drug-likeness (QED) is 0.915. The van der Waals surface area contributed by atoms with Crippen molar-refractivity contribution >= 4 is 0 Å². The third-order valence-electron chi connectivity index (χ3n) is 3.45. The Morgan fingerprint density at radius 2 is 2.14 bits per heavy atom. The van der Waals surface area contributed by atoms with Gasteiger partial charge in [0.1, 0.15) is 24.2 Å². The molecule has 1 aliphatic heterocycles. The molecule has 0 radical (unpaired) electrons. The first-order valence-corrected chi connectivity index (χ1v) is 6.90. The average Bonchev–Trinajstić information content (AvgIpc) is 2.95. The lowest BCUT2D eigenvalue weighted by molar-refractivity contribution is 0.310. The summed E-state index contributed by atoms with van der Waals surface area (Å²) in [5.74, 6) is 1.68. The van der Waals surface area contributed by atoms with Gasteiger partial charge in [-0.25, -0.2) is 0 Å². The molecule has 4 nitrogen and oxygen atoms in total. The van der Waals surface area contributed by atoms with Gasteiger partial charge in [0.05, 0.1) is 6.04 Å². The Labute approximate surface area is 123 Å². The maximum absolute atomic E-state index is 8.54. The summed E-state index contributed by atoms with van der Waals surface area (Å²) in [6, 6.07) is 18.1. The molecule has 1 unspecified atom stereocenters. The molecule has 0 aromatic heterocycles. The van der Waals surface area contributed by atoms with Crippen molar-refractivity contribution in [1.29, 1.82) is 5.26 Å². The average molecular weight is 280 g/mol. The lowest BCUT2D eigenvalue weighted by Crippen LogP contribution is -2.21. The lowest BCUT2D eigenvalue weighted by Gasteiger charge is -2.12. The highest BCUT2D eigenvalue weighted by Gasteiger charge is 2.22. The minimum absolute atomic E-state index is 0.0702. The summed E-state index contributed by atoms with van der Waals surface area (Å²) < 4.78 is 11.0. The van der Waals surface area contributed by atoms with E-state index in [1.54, 1.807) is 0 Å². The molecule has 0 spiro atoms. The molecule has 0 bridgehead atoms. The molecule has 3 rings (SSSR count). The topological polar surface area (TPSA) is 54.3 Å². The Morgan fingerprint density at radius 3 is 3.05 bits per heavy atom. The van der Waals surface area contributed by atoms with Crippen LogP contribution in [-0.2, 0) is 6.54 Å². The SMILES string of the molecule is N#CCOc1cccc(CNC2COc3ccccc32)c1. The van der Waals surface area contributed by atoms with Gasteiger partial charge in [-0.2, -0.15) is 5.26 Å². The molecule has 0 saturated carbocycles. The van der Waals surface area contributed by atoms with Gasteiger partial charge in [0.25, 0.3) is 0 Å². The number of nitrogens with one attached hydrogen (secondary N) is 1. The molecule has 1 heterocycles. The zero-order chi connectivity index (χ0) is 14.5.